The van der Waals surface area contributed by atoms with Gasteiger partial charge in [-0.15, -0.1) is 0 Å². The minimum atomic E-state index is -3.18. The second kappa shape index (κ2) is 7.20. The van der Waals surface area contributed by atoms with E-state index in [1.54, 1.807) is 4.31 Å². The van der Waals surface area contributed by atoms with E-state index < -0.39 is 10.0 Å². The maximum Gasteiger partial charge on any atom is 0.217 e. The first kappa shape index (κ1) is 16.2. The lowest BCUT2D eigenvalue weighted by atomic mass is 9.99. The summed E-state index contributed by atoms with van der Waals surface area (Å²) in [7, 11) is -3.18. The molecule has 0 aromatic heterocycles. The van der Waals surface area contributed by atoms with E-state index in [0.29, 0.717) is 32.6 Å². The van der Waals surface area contributed by atoms with Crippen molar-refractivity contribution in [3.8, 4) is 0 Å². The minimum Gasteiger partial charge on any atom is -0.381 e. The van der Waals surface area contributed by atoms with Crippen LogP contribution in [0.5, 0.6) is 0 Å². The van der Waals surface area contributed by atoms with E-state index in [4.69, 9.17) is 4.74 Å². The molecule has 2 heterocycles. The molecule has 2 atom stereocenters. The van der Waals surface area contributed by atoms with Gasteiger partial charge in [-0.3, -0.25) is 0 Å². The summed E-state index contributed by atoms with van der Waals surface area (Å²) in [4.78, 5) is 0. The van der Waals surface area contributed by atoms with Crippen molar-refractivity contribution < 1.29 is 13.2 Å². The van der Waals surface area contributed by atoms with E-state index in [9.17, 15) is 8.42 Å². The van der Waals surface area contributed by atoms with E-state index in [1.165, 1.54) is 0 Å². The van der Waals surface area contributed by atoms with Crippen LogP contribution in [-0.4, -0.2) is 56.4 Å². The molecule has 2 saturated heterocycles. The molecule has 0 aromatic carbocycles. The molecular formula is C14H28N2O3S. The zero-order chi connectivity index (χ0) is 14.6. The van der Waals surface area contributed by atoms with Crippen LogP contribution >= 0.6 is 0 Å². The van der Waals surface area contributed by atoms with Crippen LogP contribution in [0.15, 0.2) is 0 Å². The minimum absolute atomic E-state index is 0.108. The van der Waals surface area contributed by atoms with Gasteiger partial charge in [0.2, 0.25) is 10.0 Å². The maximum absolute atomic E-state index is 12.9. The van der Waals surface area contributed by atoms with E-state index in [-0.39, 0.29) is 17.3 Å². The van der Waals surface area contributed by atoms with Crippen molar-refractivity contribution in [3.63, 3.8) is 0 Å². The SMILES string of the molecule is CCNC(C)C1CCCCN1S(=O)(=O)C1CCOCC1. The van der Waals surface area contributed by atoms with Crippen LogP contribution in [0.25, 0.3) is 0 Å². The lowest BCUT2D eigenvalue weighted by Gasteiger charge is -2.40. The fourth-order valence-corrected chi connectivity index (χ4v) is 5.59. The molecule has 6 heteroatoms. The molecule has 20 heavy (non-hydrogen) atoms. The molecule has 0 amide bonds. The summed E-state index contributed by atoms with van der Waals surface area (Å²) in [6, 6.07) is 0.325. The van der Waals surface area contributed by atoms with Gasteiger partial charge < -0.3 is 10.1 Å². The summed E-state index contributed by atoms with van der Waals surface area (Å²) >= 11 is 0. The quantitative estimate of drug-likeness (QED) is 0.833. The third-order valence-electron chi connectivity index (χ3n) is 4.52. The second-order valence-electron chi connectivity index (χ2n) is 5.88. The topological polar surface area (TPSA) is 58.6 Å². The van der Waals surface area contributed by atoms with Gasteiger partial charge in [-0.05, 0) is 39.2 Å². The highest BCUT2D eigenvalue weighted by Crippen LogP contribution is 2.28. The molecular weight excluding hydrogens is 276 g/mol. The van der Waals surface area contributed by atoms with Crippen LogP contribution in [0.2, 0.25) is 0 Å². The van der Waals surface area contributed by atoms with Crippen molar-refractivity contribution in [3.05, 3.63) is 0 Å². The largest absolute Gasteiger partial charge is 0.381 e. The summed E-state index contributed by atoms with van der Waals surface area (Å²) in [6.45, 7) is 6.88. The van der Waals surface area contributed by atoms with Gasteiger partial charge in [-0.25, -0.2) is 8.42 Å². The van der Waals surface area contributed by atoms with Gasteiger partial charge in [0, 0.05) is 31.8 Å². The summed E-state index contributed by atoms with van der Waals surface area (Å²) < 4.78 is 32.9. The molecule has 1 N–H and O–H groups in total. The average Bonchev–Trinajstić information content (AvgIpc) is 2.48. The van der Waals surface area contributed by atoms with Crippen LogP contribution < -0.4 is 5.32 Å². The third kappa shape index (κ3) is 3.53. The Morgan fingerprint density at radius 1 is 1.25 bits per heavy atom. The molecule has 0 saturated carbocycles. The molecule has 2 unspecified atom stereocenters. The zero-order valence-corrected chi connectivity index (χ0v) is 13.5. The summed E-state index contributed by atoms with van der Waals surface area (Å²) in [5.74, 6) is 0. The summed E-state index contributed by atoms with van der Waals surface area (Å²) in [5, 5.41) is 3.14. The van der Waals surface area contributed by atoms with E-state index >= 15 is 0 Å². The molecule has 0 radical (unpaired) electrons. The van der Waals surface area contributed by atoms with Crippen molar-refractivity contribution in [2.24, 2.45) is 0 Å². The molecule has 2 aliphatic rings. The fourth-order valence-electron chi connectivity index (χ4n) is 3.37. The number of nitrogens with one attached hydrogen (secondary N) is 1. The monoisotopic (exact) mass is 304 g/mol. The smallest absolute Gasteiger partial charge is 0.217 e. The second-order valence-corrected chi connectivity index (χ2v) is 8.04. The number of likely N-dealkylation sites (N-methyl/N-ethyl adjacent to an activating group) is 1. The van der Waals surface area contributed by atoms with Gasteiger partial charge in [0.25, 0.3) is 0 Å². The molecule has 0 aromatic rings. The van der Waals surface area contributed by atoms with Crippen LogP contribution in [-0.2, 0) is 14.8 Å². The summed E-state index contributed by atoms with van der Waals surface area (Å²) in [5.41, 5.74) is 0. The number of piperidine rings is 1. The maximum atomic E-state index is 12.9. The van der Waals surface area contributed by atoms with Crippen LogP contribution in [0.1, 0.15) is 46.0 Å². The normalized spacial score (nSPS) is 28.4. The highest BCUT2D eigenvalue weighted by Gasteiger charge is 2.40. The van der Waals surface area contributed by atoms with Crippen molar-refractivity contribution >= 4 is 10.0 Å². The van der Waals surface area contributed by atoms with Gasteiger partial charge in [0.15, 0.2) is 0 Å². The highest BCUT2D eigenvalue weighted by molar-refractivity contribution is 7.89. The zero-order valence-electron chi connectivity index (χ0n) is 12.7. The molecule has 118 valence electrons. The molecule has 2 fully saturated rings. The van der Waals surface area contributed by atoms with E-state index in [1.807, 2.05) is 0 Å². The number of hydrogen-bond donors (Lipinski definition) is 1. The molecule has 0 spiro atoms. The first-order valence-electron chi connectivity index (χ1n) is 7.89. The van der Waals surface area contributed by atoms with Gasteiger partial charge in [-0.2, -0.15) is 4.31 Å². The molecule has 0 bridgehead atoms. The highest BCUT2D eigenvalue weighted by atomic mass is 32.2. The Hall–Kier alpha value is -0.170. The Kier molecular flexibility index (Phi) is 5.84. The predicted molar refractivity (Wildman–Crippen MR) is 80.2 cm³/mol. The Morgan fingerprint density at radius 3 is 2.60 bits per heavy atom. The average molecular weight is 304 g/mol. The van der Waals surface area contributed by atoms with Gasteiger partial charge >= 0.3 is 0 Å². The van der Waals surface area contributed by atoms with Gasteiger partial charge in [-0.1, -0.05) is 13.3 Å². The number of nitrogens with zero attached hydrogens (tertiary/aromatic N) is 1. The van der Waals surface area contributed by atoms with Crippen LogP contribution in [0, 0.1) is 0 Å². The predicted octanol–water partition coefficient (Wildman–Crippen LogP) is 1.35. The third-order valence-corrected chi connectivity index (χ3v) is 6.94. The number of rotatable bonds is 5. The first-order valence-corrected chi connectivity index (χ1v) is 9.39. The van der Waals surface area contributed by atoms with Crippen LogP contribution in [0.4, 0.5) is 0 Å². The van der Waals surface area contributed by atoms with Crippen molar-refractivity contribution in [1.82, 2.24) is 9.62 Å². The number of hydrogen-bond acceptors (Lipinski definition) is 4. The standard InChI is InChI=1S/C14H28N2O3S/c1-3-15-12(2)14-6-4-5-9-16(14)20(17,18)13-7-10-19-11-8-13/h12-15H,3-11H2,1-2H3. The first-order chi connectivity index (χ1) is 9.57. The number of sulfonamides is 1. The Balaban J connectivity index is 2.13. The van der Waals surface area contributed by atoms with E-state index in [0.717, 1.165) is 25.8 Å². The fraction of sp³-hybridized carbons (Fsp3) is 1.00. The van der Waals surface area contributed by atoms with Gasteiger partial charge in [0.1, 0.15) is 0 Å². The number of ether oxygens (including phenoxy) is 1. The van der Waals surface area contributed by atoms with E-state index in [2.05, 4.69) is 19.2 Å². The lowest BCUT2D eigenvalue weighted by Crippen LogP contribution is -2.55. The molecule has 0 aliphatic carbocycles. The molecule has 5 nitrogen and oxygen atoms in total. The Morgan fingerprint density at radius 2 is 1.95 bits per heavy atom. The molecule has 2 rings (SSSR count). The Labute approximate surface area is 123 Å². The van der Waals surface area contributed by atoms with Crippen molar-refractivity contribution in [2.75, 3.05) is 26.3 Å². The van der Waals surface area contributed by atoms with Gasteiger partial charge in [0.05, 0.1) is 5.25 Å². The lowest BCUT2D eigenvalue weighted by molar-refractivity contribution is 0.0958. The van der Waals surface area contributed by atoms with Crippen LogP contribution in [0.3, 0.4) is 0 Å². The molecule has 2 aliphatic heterocycles. The Bertz CT molecular complexity index is 393. The summed E-state index contributed by atoms with van der Waals surface area (Å²) in [6.07, 6.45) is 4.36. The van der Waals surface area contributed by atoms with Crippen molar-refractivity contribution in [1.29, 1.82) is 0 Å². The van der Waals surface area contributed by atoms with Crippen molar-refractivity contribution in [2.45, 2.75) is 63.3 Å².